The molecule has 0 aromatic rings. The van der Waals surface area contributed by atoms with Crippen molar-refractivity contribution in [2.45, 2.75) is 6.92 Å². The fourth-order valence-corrected chi connectivity index (χ4v) is 0.111. The molecule has 0 aliphatic rings. The van der Waals surface area contributed by atoms with E-state index in [1.165, 1.54) is 6.08 Å². The van der Waals surface area contributed by atoms with Crippen molar-refractivity contribution in [1.82, 2.24) is 0 Å². The van der Waals surface area contributed by atoms with Crippen LogP contribution in [0.2, 0.25) is 0 Å². The summed E-state index contributed by atoms with van der Waals surface area (Å²) in [6.07, 6.45) is 5.15. The van der Waals surface area contributed by atoms with Crippen molar-refractivity contribution in [1.29, 1.82) is 0 Å². The Bertz CT molecular complexity index is 54.2. The zero-order valence-corrected chi connectivity index (χ0v) is 9.94. The molecule has 0 aliphatic carbocycles. The van der Waals surface area contributed by atoms with Gasteiger partial charge in [-0.1, -0.05) is 6.92 Å². The first-order valence-electron chi connectivity index (χ1n) is 1.58. The molecule has 56 valence electrons. The number of halogens is 3. The summed E-state index contributed by atoms with van der Waals surface area (Å²) < 4.78 is 0. The summed E-state index contributed by atoms with van der Waals surface area (Å²) >= 11 is 0. The molecule has 0 bridgehead atoms. The zero-order chi connectivity index (χ0) is 4.12. The van der Waals surface area contributed by atoms with Gasteiger partial charge in [0.25, 0.3) is 0 Å². The van der Waals surface area contributed by atoms with Crippen molar-refractivity contribution in [3.05, 3.63) is 24.8 Å². The summed E-state index contributed by atoms with van der Waals surface area (Å²) in [7, 11) is 0. The summed E-state index contributed by atoms with van der Waals surface area (Å²) in [5.74, 6) is 0. The summed E-state index contributed by atoms with van der Waals surface area (Å²) in [5.41, 5.74) is 0. The first kappa shape index (κ1) is 31.9. The molecular weight excluding hydrogens is 258 g/mol. The Morgan fingerprint density at radius 1 is 1.11 bits per heavy atom. The Labute approximate surface area is 94.5 Å². The van der Waals surface area contributed by atoms with E-state index in [1.54, 1.807) is 6.08 Å². The quantitative estimate of drug-likeness (QED) is 0.506. The van der Waals surface area contributed by atoms with Crippen LogP contribution in [0.1, 0.15) is 6.92 Å². The monoisotopic (exact) mass is 265 g/mol. The van der Waals surface area contributed by atoms with Crippen LogP contribution < -0.4 is 0 Å². The van der Waals surface area contributed by atoms with Gasteiger partial charge in [-0.3, -0.25) is 6.58 Å². The van der Waals surface area contributed by atoms with E-state index in [0.717, 1.165) is 0 Å². The largest absolute Gasteiger partial charge is 0.293 e. The van der Waals surface area contributed by atoms with Crippen molar-refractivity contribution < 1.29 is 26.2 Å². The van der Waals surface area contributed by atoms with Gasteiger partial charge in [-0.2, -0.15) is 6.08 Å². The SMILES string of the molecule is Cl.Cl.Cl.[CH-]=CC=CC.[Zr]. The molecule has 9 heavy (non-hydrogen) atoms. The van der Waals surface area contributed by atoms with E-state index >= 15 is 0 Å². The standard InChI is InChI=1S/C5H7.3ClH.Zr/c1-3-5-4-2;;;;/h1,3-5H,2H3;3*1H;/q-1;;;;. The first-order chi connectivity index (χ1) is 2.41. The minimum Gasteiger partial charge on any atom is -0.293 e. The van der Waals surface area contributed by atoms with Gasteiger partial charge in [-0.15, -0.1) is 37.2 Å². The minimum absolute atomic E-state index is 0. The van der Waals surface area contributed by atoms with E-state index in [1.807, 2.05) is 13.0 Å². The zero-order valence-electron chi connectivity index (χ0n) is 5.03. The molecule has 0 heterocycles. The van der Waals surface area contributed by atoms with E-state index < -0.39 is 0 Å². The maximum Gasteiger partial charge on any atom is 0 e. The Morgan fingerprint density at radius 2 is 1.44 bits per heavy atom. The number of hydrogen-bond donors (Lipinski definition) is 0. The second-order valence-electron chi connectivity index (χ2n) is 0.718. The second kappa shape index (κ2) is 34.9. The maximum atomic E-state index is 4.93. The van der Waals surface area contributed by atoms with Crippen LogP contribution in [0, 0.1) is 6.58 Å². The third-order valence-corrected chi connectivity index (χ3v) is 0.304. The molecule has 0 aliphatic heterocycles. The van der Waals surface area contributed by atoms with Crippen LogP contribution in [-0.4, -0.2) is 0 Å². The van der Waals surface area contributed by atoms with Gasteiger partial charge < -0.3 is 0 Å². The summed E-state index contributed by atoms with van der Waals surface area (Å²) in [6.45, 7) is 6.85. The smallest absolute Gasteiger partial charge is 0 e. The van der Waals surface area contributed by atoms with Crippen molar-refractivity contribution in [2.75, 3.05) is 0 Å². The van der Waals surface area contributed by atoms with Crippen molar-refractivity contribution in [3.8, 4) is 0 Å². The van der Waals surface area contributed by atoms with Crippen LogP contribution in [0.5, 0.6) is 0 Å². The van der Waals surface area contributed by atoms with Gasteiger partial charge in [-0.05, 0) is 0 Å². The van der Waals surface area contributed by atoms with Gasteiger partial charge in [0.15, 0.2) is 0 Å². The van der Waals surface area contributed by atoms with E-state index in [0.29, 0.717) is 0 Å². The van der Waals surface area contributed by atoms with E-state index in [4.69, 9.17) is 6.58 Å². The molecular formula is C5H10Cl3Zr-. The van der Waals surface area contributed by atoms with Gasteiger partial charge in [0, 0.05) is 26.2 Å². The molecule has 4 heteroatoms. The Hall–Kier alpha value is 1.23. The second-order valence-corrected chi connectivity index (χ2v) is 0.718. The van der Waals surface area contributed by atoms with Crippen LogP contribution in [-0.2, 0) is 26.2 Å². The average molecular weight is 268 g/mol. The Kier molecular flexibility index (Phi) is 124. The van der Waals surface area contributed by atoms with Crippen LogP contribution in [0.3, 0.4) is 0 Å². The van der Waals surface area contributed by atoms with Crippen LogP contribution in [0.15, 0.2) is 18.2 Å². The number of rotatable bonds is 1. The predicted molar refractivity (Wildman–Crippen MR) is 45.4 cm³/mol. The van der Waals surface area contributed by atoms with Crippen LogP contribution in [0.4, 0.5) is 0 Å². The Balaban J connectivity index is -0.0000000133. The third kappa shape index (κ3) is 46.2. The average Bonchev–Trinajstić information content (AvgIpc) is 1.41. The minimum atomic E-state index is 0. The summed E-state index contributed by atoms with van der Waals surface area (Å²) in [5, 5.41) is 0. The van der Waals surface area contributed by atoms with Gasteiger partial charge in [0.2, 0.25) is 0 Å². The molecule has 0 spiro atoms. The molecule has 0 rings (SSSR count). The third-order valence-electron chi connectivity index (χ3n) is 0.304. The topological polar surface area (TPSA) is 0 Å². The molecule has 0 N–H and O–H groups in total. The maximum absolute atomic E-state index is 4.93. The van der Waals surface area contributed by atoms with Crippen LogP contribution in [0.25, 0.3) is 0 Å². The van der Waals surface area contributed by atoms with Crippen LogP contribution >= 0.6 is 37.2 Å². The predicted octanol–water partition coefficient (Wildman–Crippen LogP) is 2.81. The fourth-order valence-electron chi connectivity index (χ4n) is 0.111. The molecule has 0 atom stereocenters. The summed E-state index contributed by atoms with van der Waals surface area (Å²) in [6, 6.07) is 0. The van der Waals surface area contributed by atoms with Gasteiger partial charge in [0.05, 0.1) is 0 Å². The number of hydrogen-bond acceptors (Lipinski definition) is 0. The molecule has 0 nitrogen and oxygen atoms in total. The summed E-state index contributed by atoms with van der Waals surface area (Å²) in [4.78, 5) is 0. The fraction of sp³-hybridized carbons (Fsp3) is 0.200. The van der Waals surface area contributed by atoms with E-state index in [-0.39, 0.29) is 63.4 Å². The molecule has 0 aromatic carbocycles. The van der Waals surface area contributed by atoms with Gasteiger partial charge in [0.1, 0.15) is 0 Å². The number of allylic oxidation sites excluding steroid dienone is 3. The molecule has 0 aromatic heterocycles. The van der Waals surface area contributed by atoms with Crippen molar-refractivity contribution >= 4 is 37.2 Å². The molecule has 0 radical (unpaired) electrons. The van der Waals surface area contributed by atoms with E-state index in [9.17, 15) is 0 Å². The van der Waals surface area contributed by atoms with Gasteiger partial charge in [-0.25, -0.2) is 12.2 Å². The molecule has 0 saturated heterocycles. The van der Waals surface area contributed by atoms with E-state index in [2.05, 4.69) is 0 Å². The normalized spacial score (nSPS) is 5.00. The first-order valence-corrected chi connectivity index (χ1v) is 1.58. The molecule has 0 fully saturated rings. The Morgan fingerprint density at radius 3 is 1.44 bits per heavy atom. The molecule has 0 amide bonds. The molecule has 0 unspecified atom stereocenters. The molecule has 0 saturated carbocycles. The van der Waals surface area contributed by atoms with Crippen molar-refractivity contribution in [3.63, 3.8) is 0 Å². The van der Waals surface area contributed by atoms with Crippen molar-refractivity contribution in [2.24, 2.45) is 0 Å². The van der Waals surface area contributed by atoms with Gasteiger partial charge >= 0.3 is 0 Å².